The number of rotatable bonds is 8. The molecule has 1 amide bonds. The van der Waals surface area contributed by atoms with Crippen molar-refractivity contribution in [1.82, 2.24) is 25.3 Å². The number of carbonyl (C=O) groups excluding carboxylic acids is 1. The minimum Gasteiger partial charge on any atom is -0.484 e. The van der Waals surface area contributed by atoms with Gasteiger partial charge in [0, 0.05) is 45.5 Å². The summed E-state index contributed by atoms with van der Waals surface area (Å²) in [6.07, 6.45) is 0. The smallest absolute Gasteiger partial charge is 0.259 e. The van der Waals surface area contributed by atoms with Crippen LogP contribution in [0, 0.1) is 13.8 Å². The number of aliphatic imine (C=N–C) groups is 1. The number of benzene rings is 1. The van der Waals surface area contributed by atoms with Crippen LogP contribution in [0.2, 0.25) is 0 Å². The van der Waals surface area contributed by atoms with Gasteiger partial charge in [-0.25, -0.2) is 4.99 Å². The van der Waals surface area contributed by atoms with Crippen molar-refractivity contribution in [3.8, 4) is 5.75 Å². The molecule has 0 saturated carbocycles. The monoisotopic (exact) mass is 400 g/mol. The quantitative estimate of drug-likeness (QED) is 0.521. The fourth-order valence-electron chi connectivity index (χ4n) is 2.77. The lowest BCUT2D eigenvalue weighted by atomic mass is 10.2. The number of guanidine groups is 1. The fraction of sp³-hybridized carbons (Fsp3) is 0.476. The van der Waals surface area contributed by atoms with Crippen LogP contribution in [0.3, 0.4) is 0 Å². The van der Waals surface area contributed by atoms with E-state index in [1.165, 1.54) is 10.5 Å². The van der Waals surface area contributed by atoms with Gasteiger partial charge in [0.2, 0.25) is 0 Å². The number of likely N-dealkylation sites (N-methyl/N-ethyl adjacent to an activating group) is 1. The van der Waals surface area contributed by atoms with E-state index in [0.717, 1.165) is 29.5 Å². The van der Waals surface area contributed by atoms with Gasteiger partial charge in [-0.2, -0.15) is 5.10 Å². The van der Waals surface area contributed by atoms with E-state index in [0.29, 0.717) is 18.8 Å². The molecule has 0 aliphatic carbocycles. The van der Waals surface area contributed by atoms with Crippen molar-refractivity contribution >= 4 is 11.9 Å². The minimum atomic E-state index is -0.0759. The number of carbonyl (C=O) groups is 1. The van der Waals surface area contributed by atoms with E-state index in [9.17, 15) is 4.79 Å². The molecule has 2 rings (SSSR count). The summed E-state index contributed by atoms with van der Waals surface area (Å²) in [7, 11) is 5.37. The van der Waals surface area contributed by atoms with Crippen molar-refractivity contribution in [3.63, 3.8) is 0 Å². The first kappa shape index (κ1) is 22.3. The molecule has 0 aliphatic rings. The maximum absolute atomic E-state index is 11.7. The Labute approximate surface area is 173 Å². The second-order valence-corrected chi connectivity index (χ2v) is 7.05. The standard InChI is InChI=1S/C21H32N6O2/c1-7-22-21(24-13-19-15(2)25-27(6)16(19)3)23-12-17-9-8-10-18(11-17)29-14-20(28)26(4)5/h8-11H,7,12-14H2,1-6H3,(H2,22,23,24). The summed E-state index contributed by atoms with van der Waals surface area (Å²) in [6, 6.07) is 7.64. The highest BCUT2D eigenvalue weighted by molar-refractivity contribution is 5.79. The molecule has 8 nitrogen and oxygen atoms in total. The van der Waals surface area contributed by atoms with Gasteiger partial charge in [0.1, 0.15) is 5.75 Å². The Balaban J connectivity index is 2.00. The largest absolute Gasteiger partial charge is 0.484 e. The second kappa shape index (κ2) is 10.5. The molecule has 0 spiro atoms. The molecule has 2 aromatic rings. The highest BCUT2D eigenvalue weighted by Crippen LogP contribution is 2.14. The van der Waals surface area contributed by atoms with Crippen LogP contribution in [0.15, 0.2) is 29.3 Å². The molecule has 1 aromatic carbocycles. The van der Waals surface area contributed by atoms with Gasteiger partial charge >= 0.3 is 0 Å². The van der Waals surface area contributed by atoms with Gasteiger partial charge in [0.15, 0.2) is 12.6 Å². The zero-order valence-electron chi connectivity index (χ0n) is 18.2. The Bertz CT molecular complexity index is 857. The summed E-state index contributed by atoms with van der Waals surface area (Å²) in [5.41, 5.74) is 4.35. The number of hydrogen-bond acceptors (Lipinski definition) is 4. The summed E-state index contributed by atoms with van der Waals surface area (Å²) in [5, 5.41) is 11.1. The van der Waals surface area contributed by atoms with E-state index < -0.39 is 0 Å². The maximum atomic E-state index is 11.7. The van der Waals surface area contributed by atoms with Gasteiger partial charge in [0.05, 0.1) is 12.2 Å². The number of hydrogen-bond donors (Lipinski definition) is 2. The molecule has 0 bridgehead atoms. The van der Waals surface area contributed by atoms with E-state index in [2.05, 4.69) is 27.6 Å². The average molecular weight is 401 g/mol. The van der Waals surface area contributed by atoms with Crippen LogP contribution in [-0.2, 0) is 24.9 Å². The van der Waals surface area contributed by atoms with E-state index in [4.69, 9.17) is 4.74 Å². The van der Waals surface area contributed by atoms with Crippen molar-refractivity contribution < 1.29 is 9.53 Å². The van der Waals surface area contributed by atoms with E-state index in [-0.39, 0.29) is 12.5 Å². The molecule has 1 aromatic heterocycles. The Morgan fingerprint density at radius 3 is 2.66 bits per heavy atom. The third-order valence-corrected chi connectivity index (χ3v) is 4.62. The number of aromatic nitrogens is 2. The first-order chi connectivity index (χ1) is 13.8. The van der Waals surface area contributed by atoms with Crippen LogP contribution in [0.5, 0.6) is 5.75 Å². The Morgan fingerprint density at radius 1 is 1.28 bits per heavy atom. The number of nitrogens with one attached hydrogen (secondary N) is 2. The number of aryl methyl sites for hydroxylation is 2. The number of amides is 1. The lowest BCUT2D eigenvalue weighted by Crippen LogP contribution is -2.37. The molecule has 0 saturated heterocycles. The topological polar surface area (TPSA) is 83.8 Å². The summed E-state index contributed by atoms with van der Waals surface area (Å²) < 4.78 is 7.47. The molecule has 8 heteroatoms. The molecular formula is C21H32N6O2. The molecule has 1 heterocycles. The molecular weight excluding hydrogens is 368 g/mol. The minimum absolute atomic E-state index is 0.0216. The average Bonchev–Trinajstić information content (AvgIpc) is 2.93. The van der Waals surface area contributed by atoms with Gasteiger partial charge in [-0.3, -0.25) is 9.48 Å². The molecule has 2 N–H and O–H groups in total. The third kappa shape index (κ3) is 6.51. The molecule has 0 unspecified atom stereocenters. The predicted octanol–water partition coefficient (Wildman–Crippen LogP) is 1.76. The molecule has 0 fully saturated rings. The van der Waals surface area contributed by atoms with E-state index in [1.54, 1.807) is 14.1 Å². The van der Waals surface area contributed by atoms with E-state index in [1.807, 2.05) is 49.8 Å². The summed E-state index contributed by atoms with van der Waals surface area (Å²) in [6.45, 7) is 8.06. The first-order valence-electron chi connectivity index (χ1n) is 9.75. The Morgan fingerprint density at radius 2 is 2.03 bits per heavy atom. The second-order valence-electron chi connectivity index (χ2n) is 7.05. The summed E-state index contributed by atoms with van der Waals surface area (Å²) in [5.74, 6) is 1.32. The summed E-state index contributed by atoms with van der Waals surface area (Å²) in [4.78, 5) is 17.9. The lowest BCUT2D eigenvalue weighted by molar-refractivity contribution is -0.130. The molecule has 0 aliphatic heterocycles. The van der Waals surface area contributed by atoms with E-state index >= 15 is 0 Å². The molecule has 158 valence electrons. The van der Waals surface area contributed by atoms with Gasteiger partial charge in [-0.1, -0.05) is 12.1 Å². The lowest BCUT2D eigenvalue weighted by Gasteiger charge is -2.13. The van der Waals surface area contributed by atoms with Crippen LogP contribution in [0.1, 0.15) is 29.4 Å². The zero-order chi connectivity index (χ0) is 21.4. The van der Waals surface area contributed by atoms with Crippen molar-refractivity contribution in [2.45, 2.75) is 33.9 Å². The highest BCUT2D eigenvalue weighted by atomic mass is 16.5. The Kier molecular flexibility index (Phi) is 8.06. The van der Waals surface area contributed by atoms with Crippen molar-refractivity contribution in [2.24, 2.45) is 12.0 Å². The molecule has 0 radical (unpaired) electrons. The van der Waals surface area contributed by atoms with Crippen molar-refractivity contribution in [1.29, 1.82) is 0 Å². The predicted molar refractivity (Wildman–Crippen MR) is 115 cm³/mol. The molecule has 29 heavy (non-hydrogen) atoms. The molecule has 0 atom stereocenters. The fourth-order valence-corrected chi connectivity index (χ4v) is 2.77. The number of nitrogens with zero attached hydrogens (tertiary/aromatic N) is 4. The van der Waals surface area contributed by atoms with Crippen LogP contribution in [-0.4, -0.2) is 53.8 Å². The van der Waals surface area contributed by atoms with Gasteiger partial charge < -0.3 is 20.3 Å². The van der Waals surface area contributed by atoms with Crippen LogP contribution in [0.25, 0.3) is 0 Å². The van der Waals surface area contributed by atoms with Crippen LogP contribution >= 0.6 is 0 Å². The SMILES string of the molecule is CCNC(=NCc1cccc(OCC(=O)N(C)C)c1)NCc1c(C)nn(C)c1C. The van der Waals surface area contributed by atoms with Crippen LogP contribution in [0.4, 0.5) is 0 Å². The van der Waals surface area contributed by atoms with Crippen LogP contribution < -0.4 is 15.4 Å². The van der Waals surface area contributed by atoms with Crippen molar-refractivity contribution in [2.75, 3.05) is 27.2 Å². The number of ether oxygens (including phenoxy) is 1. The van der Waals surface area contributed by atoms with Gasteiger partial charge in [-0.15, -0.1) is 0 Å². The van der Waals surface area contributed by atoms with Gasteiger partial charge in [0.25, 0.3) is 5.91 Å². The first-order valence-corrected chi connectivity index (χ1v) is 9.75. The maximum Gasteiger partial charge on any atom is 0.259 e. The summed E-state index contributed by atoms with van der Waals surface area (Å²) >= 11 is 0. The highest BCUT2D eigenvalue weighted by Gasteiger charge is 2.10. The van der Waals surface area contributed by atoms with Gasteiger partial charge in [-0.05, 0) is 38.5 Å². The Hall–Kier alpha value is -3.03. The van der Waals surface area contributed by atoms with Crippen molar-refractivity contribution in [3.05, 3.63) is 46.8 Å². The normalized spacial score (nSPS) is 11.3. The zero-order valence-corrected chi connectivity index (χ0v) is 18.2. The third-order valence-electron chi connectivity index (χ3n) is 4.62.